The van der Waals surface area contributed by atoms with E-state index in [1.54, 1.807) is 24.3 Å². The van der Waals surface area contributed by atoms with Crippen LogP contribution in [0.2, 0.25) is 5.02 Å². The largest absolute Gasteiger partial charge is 0.307 e. The van der Waals surface area contributed by atoms with Crippen molar-refractivity contribution in [2.24, 2.45) is 5.92 Å². The van der Waals surface area contributed by atoms with Gasteiger partial charge in [-0.05, 0) is 43.1 Å². The molecule has 0 radical (unpaired) electrons. The maximum atomic E-state index is 12.3. The van der Waals surface area contributed by atoms with Gasteiger partial charge in [0.25, 0.3) is 0 Å². The van der Waals surface area contributed by atoms with E-state index in [0.717, 1.165) is 18.5 Å². The molecule has 0 fully saturated rings. The van der Waals surface area contributed by atoms with Crippen LogP contribution < -0.4 is 5.32 Å². The van der Waals surface area contributed by atoms with Gasteiger partial charge in [0.05, 0.1) is 6.04 Å². The van der Waals surface area contributed by atoms with E-state index in [1.165, 1.54) is 0 Å². The van der Waals surface area contributed by atoms with Gasteiger partial charge in [-0.2, -0.15) is 0 Å². The van der Waals surface area contributed by atoms with E-state index in [2.05, 4.69) is 19.2 Å². The third kappa shape index (κ3) is 4.49. The number of likely N-dealkylation sites (N-methyl/N-ethyl adjacent to an activating group) is 1. The molecule has 1 aromatic rings. The van der Waals surface area contributed by atoms with Crippen LogP contribution in [-0.2, 0) is 0 Å². The summed E-state index contributed by atoms with van der Waals surface area (Å²) < 4.78 is 0. The van der Waals surface area contributed by atoms with E-state index < -0.39 is 0 Å². The summed E-state index contributed by atoms with van der Waals surface area (Å²) in [7, 11) is 0. The van der Waals surface area contributed by atoms with Crippen molar-refractivity contribution in [2.45, 2.75) is 33.2 Å². The molecule has 0 aliphatic heterocycles. The Bertz CT molecular complexity index is 359. The number of Topliss-reactive ketones (excluding diaryl/α,β-unsaturated/α-hetero) is 1. The monoisotopic (exact) mass is 253 g/mol. The maximum absolute atomic E-state index is 12.3. The average molecular weight is 254 g/mol. The van der Waals surface area contributed by atoms with Gasteiger partial charge in [0.1, 0.15) is 0 Å². The van der Waals surface area contributed by atoms with Crippen LogP contribution in [0, 0.1) is 5.92 Å². The van der Waals surface area contributed by atoms with Gasteiger partial charge in [-0.1, -0.05) is 32.4 Å². The second-order valence-corrected chi connectivity index (χ2v) is 5.05. The zero-order chi connectivity index (χ0) is 12.8. The summed E-state index contributed by atoms with van der Waals surface area (Å²) in [4.78, 5) is 12.3. The SMILES string of the molecule is CCNC(CC(C)C)C(=O)c1ccc(Cl)cc1. The summed E-state index contributed by atoms with van der Waals surface area (Å²) in [6.45, 7) is 7.07. The molecule has 0 spiro atoms. The van der Waals surface area contributed by atoms with Gasteiger partial charge in [0.2, 0.25) is 0 Å². The molecule has 3 heteroatoms. The van der Waals surface area contributed by atoms with Gasteiger partial charge in [-0.15, -0.1) is 0 Å². The Balaban J connectivity index is 2.79. The van der Waals surface area contributed by atoms with Gasteiger partial charge >= 0.3 is 0 Å². The first kappa shape index (κ1) is 14.2. The number of halogens is 1. The number of benzene rings is 1. The summed E-state index contributed by atoms with van der Waals surface area (Å²) in [5.41, 5.74) is 0.723. The molecule has 0 saturated carbocycles. The van der Waals surface area contributed by atoms with Gasteiger partial charge in [0, 0.05) is 10.6 Å². The van der Waals surface area contributed by atoms with Crippen LogP contribution >= 0.6 is 11.6 Å². The molecule has 0 saturated heterocycles. The number of hydrogen-bond donors (Lipinski definition) is 1. The van der Waals surface area contributed by atoms with Gasteiger partial charge < -0.3 is 5.32 Å². The number of carbonyl (C=O) groups is 1. The predicted molar refractivity (Wildman–Crippen MR) is 72.7 cm³/mol. The van der Waals surface area contributed by atoms with Gasteiger partial charge in [-0.3, -0.25) is 4.79 Å². The highest BCUT2D eigenvalue weighted by Gasteiger charge is 2.19. The van der Waals surface area contributed by atoms with Crippen molar-refractivity contribution in [3.8, 4) is 0 Å². The standard InChI is InChI=1S/C14H20ClNO/c1-4-16-13(9-10(2)3)14(17)11-5-7-12(15)8-6-11/h5-8,10,13,16H,4,9H2,1-3H3. The Hall–Kier alpha value is -0.860. The Kier molecular flexibility index (Phi) is 5.66. The lowest BCUT2D eigenvalue weighted by molar-refractivity contribution is 0.0931. The smallest absolute Gasteiger partial charge is 0.179 e. The van der Waals surface area contributed by atoms with E-state index in [0.29, 0.717) is 10.9 Å². The number of ketones is 1. The van der Waals surface area contributed by atoms with Crippen molar-refractivity contribution in [3.05, 3.63) is 34.9 Å². The molecule has 0 aliphatic rings. The van der Waals surface area contributed by atoms with Crippen molar-refractivity contribution in [1.29, 1.82) is 0 Å². The van der Waals surface area contributed by atoms with Crippen LogP contribution in [0.25, 0.3) is 0 Å². The van der Waals surface area contributed by atoms with Crippen molar-refractivity contribution < 1.29 is 4.79 Å². The normalized spacial score (nSPS) is 12.8. The molecule has 1 atom stereocenters. The van der Waals surface area contributed by atoms with Crippen LogP contribution in [-0.4, -0.2) is 18.4 Å². The number of carbonyl (C=O) groups excluding carboxylic acids is 1. The lowest BCUT2D eigenvalue weighted by Crippen LogP contribution is -2.37. The van der Waals surface area contributed by atoms with Crippen LogP contribution in [0.4, 0.5) is 0 Å². The Morgan fingerprint density at radius 2 is 1.88 bits per heavy atom. The Morgan fingerprint density at radius 1 is 1.29 bits per heavy atom. The van der Waals surface area contributed by atoms with Crippen molar-refractivity contribution in [1.82, 2.24) is 5.32 Å². The van der Waals surface area contributed by atoms with Crippen LogP contribution in [0.1, 0.15) is 37.6 Å². The molecule has 0 amide bonds. The van der Waals surface area contributed by atoms with Crippen LogP contribution in [0.3, 0.4) is 0 Å². The lowest BCUT2D eigenvalue weighted by atomic mass is 9.96. The summed E-state index contributed by atoms with van der Waals surface area (Å²) in [5.74, 6) is 0.646. The quantitative estimate of drug-likeness (QED) is 0.786. The minimum Gasteiger partial charge on any atom is -0.307 e. The highest BCUT2D eigenvalue weighted by atomic mass is 35.5. The molecule has 1 unspecified atom stereocenters. The third-order valence-corrected chi connectivity index (χ3v) is 2.85. The third-order valence-electron chi connectivity index (χ3n) is 2.60. The lowest BCUT2D eigenvalue weighted by Gasteiger charge is -2.18. The molecule has 94 valence electrons. The second-order valence-electron chi connectivity index (χ2n) is 4.61. The molecule has 1 N–H and O–H groups in total. The van der Waals surface area contributed by atoms with Crippen LogP contribution in [0.15, 0.2) is 24.3 Å². The topological polar surface area (TPSA) is 29.1 Å². The fraction of sp³-hybridized carbons (Fsp3) is 0.500. The molecule has 0 heterocycles. The van der Waals surface area contributed by atoms with Crippen molar-refractivity contribution in [2.75, 3.05) is 6.54 Å². The molecule has 0 aliphatic carbocycles. The maximum Gasteiger partial charge on any atom is 0.179 e. The predicted octanol–water partition coefficient (Wildman–Crippen LogP) is 3.55. The second kappa shape index (κ2) is 6.77. The molecular weight excluding hydrogens is 234 g/mol. The number of rotatable bonds is 6. The highest BCUT2D eigenvalue weighted by molar-refractivity contribution is 6.30. The first-order valence-electron chi connectivity index (χ1n) is 6.07. The number of hydrogen-bond acceptors (Lipinski definition) is 2. The summed E-state index contributed by atoms with van der Waals surface area (Å²) in [6.07, 6.45) is 0.856. The summed E-state index contributed by atoms with van der Waals surface area (Å²) in [5, 5.41) is 3.90. The fourth-order valence-corrected chi connectivity index (χ4v) is 1.94. The molecule has 1 rings (SSSR count). The minimum absolute atomic E-state index is 0.0961. The Morgan fingerprint density at radius 3 is 2.35 bits per heavy atom. The summed E-state index contributed by atoms with van der Waals surface area (Å²) >= 11 is 5.81. The van der Waals surface area contributed by atoms with E-state index in [1.807, 2.05) is 6.92 Å². The van der Waals surface area contributed by atoms with E-state index in [-0.39, 0.29) is 11.8 Å². The van der Waals surface area contributed by atoms with Gasteiger partial charge in [0.15, 0.2) is 5.78 Å². The van der Waals surface area contributed by atoms with E-state index in [4.69, 9.17) is 11.6 Å². The summed E-state index contributed by atoms with van der Waals surface area (Å²) in [6, 6.07) is 6.99. The Labute approximate surface area is 108 Å². The molecule has 2 nitrogen and oxygen atoms in total. The zero-order valence-corrected chi connectivity index (χ0v) is 11.4. The van der Waals surface area contributed by atoms with Crippen LogP contribution in [0.5, 0.6) is 0 Å². The molecule has 17 heavy (non-hydrogen) atoms. The zero-order valence-electron chi connectivity index (χ0n) is 10.7. The molecular formula is C14H20ClNO. The average Bonchev–Trinajstić information content (AvgIpc) is 2.28. The molecule has 1 aromatic carbocycles. The van der Waals surface area contributed by atoms with E-state index in [9.17, 15) is 4.79 Å². The number of nitrogens with one attached hydrogen (secondary N) is 1. The van der Waals surface area contributed by atoms with Crippen molar-refractivity contribution in [3.63, 3.8) is 0 Å². The first-order chi connectivity index (χ1) is 8.04. The van der Waals surface area contributed by atoms with E-state index >= 15 is 0 Å². The van der Waals surface area contributed by atoms with Gasteiger partial charge in [-0.25, -0.2) is 0 Å². The minimum atomic E-state index is -0.0961. The first-order valence-corrected chi connectivity index (χ1v) is 6.45. The fourth-order valence-electron chi connectivity index (χ4n) is 1.82. The highest BCUT2D eigenvalue weighted by Crippen LogP contribution is 2.14. The molecule has 0 bridgehead atoms. The van der Waals surface area contributed by atoms with Crippen molar-refractivity contribution >= 4 is 17.4 Å². The molecule has 0 aromatic heterocycles.